The molecule has 2 heterocycles. The third-order valence-corrected chi connectivity index (χ3v) is 4.36. The molecule has 1 fully saturated rings. The van der Waals surface area contributed by atoms with Crippen LogP contribution in [0.25, 0.3) is 11.3 Å². The molecule has 1 aliphatic heterocycles. The molecule has 0 atom stereocenters. The Bertz CT molecular complexity index is 653. The predicted octanol–water partition coefficient (Wildman–Crippen LogP) is 2.75. The number of carbonyl (C=O) groups is 1. The Kier molecular flexibility index (Phi) is 3.74. The summed E-state index contributed by atoms with van der Waals surface area (Å²) >= 11 is 1.45. The van der Waals surface area contributed by atoms with Gasteiger partial charge in [0, 0.05) is 37.1 Å². The lowest BCUT2D eigenvalue weighted by molar-refractivity contribution is 0.142. The van der Waals surface area contributed by atoms with Crippen LogP contribution in [0.1, 0.15) is 0 Å². The molecule has 1 saturated heterocycles. The Labute approximate surface area is 125 Å². The van der Waals surface area contributed by atoms with Gasteiger partial charge in [-0.1, -0.05) is 12.1 Å². The summed E-state index contributed by atoms with van der Waals surface area (Å²) in [6, 6.07) is 6.55. The summed E-state index contributed by atoms with van der Waals surface area (Å²) in [7, 11) is 0. The van der Waals surface area contributed by atoms with Gasteiger partial charge in [0.2, 0.25) is 0 Å². The van der Waals surface area contributed by atoms with Crippen molar-refractivity contribution in [3.63, 3.8) is 0 Å². The number of piperazine rings is 1. The first-order valence-corrected chi connectivity index (χ1v) is 7.46. The summed E-state index contributed by atoms with van der Waals surface area (Å²) in [4.78, 5) is 18.8. The van der Waals surface area contributed by atoms with Gasteiger partial charge in [-0.25, -0.2) is 14.2 Å². The molecule has 110 valence electrons. The van der Waals surface area contributed by atoms with Crippen molar-refractivity contribution in [3.8, 4) is 11.3 Å². The molecule has 0 bridgehead atoms. The third kappa shape index (κ3) is 2.82. The van der Waals surface area contributed by atoms with Crippen molar-refractivity contribution in [2.24, 2.45) is 0 Å². The van der Waals surface area contributed by atoms with Gasteiger partial charge in [-0.3, -0.25) is 0 Å². The van der Waals surface area contributed by atoms with Crippen molar-refractivity contribution in [2.45, 2.75) is 0 Å². The van der Waals surface area contributed by atoms with Crippen LogP contribution >= 0.6 is 11.3 Å². The minimum atomic E-state index is -0.888. The van der Waals surface area contributed by atoms with Crippen LogP contribution in [0.15, 0.2) is 29.6 Å². The second kappa shape index (κ2) is 5.69. The fourth-order valence-corrected chi connectivity index (χ4v) is 3.17. The van der Waals surface area contributed by atoms with E-state index in [0.717, 1.165) is 5.13 Å². The summed E-state index contributed by atoms with van der Waals surface area (Å²) < 4.78 is 13.7. The average Bonchev–Trinajstić information content (AvgIpc) is 2.97. The van der Waals surface area contributed by atoms with E-state index in [1.165, 1.54) is 22.3 Å². The number of nitrogens with zero attached hydrogens (tertiary/aromatic N) is 3. The summed E-state index contributed by atoms with van der Waals surface area (Å²) in [6.45, 7) is 2.14. The Morgan fingerprint density at radius 3 is 2.62 bits per heavy atom. The maximum atomic E-state index is 13.7. The van der Waals surface area contributed by atoms with Gasteiger partial charge < -0.3 is 14.9 Å². The molecule has 0 saturated carbocycles. The Balaban J connectivity index is 1.74. The molecule has 21 heavy (non-hydrogen) atoms. The maximum Gasteiger partial charge on any atom is 0.407 e. The lowest BCUT2D eigenvalue weighted by Crippen LogP contribution is -2.48. The summed E-state index contributed by atoms with van der Waals surface area (Å²) in [6.07, 6.45) is -0.888. The number of halogens is 1. The van der Waals surface area contributed by atoms with Crippen molar-refractivity contribution in [3.05, 3.63) is 35.5 Å². The monoisotopic (exact) mass is 307 g/mol. The average molecular weight is 307 g/mol. The topological polar surface area (TPSA) is 56.7 Å². The van der Waals surface area contributed by atoms with Gasteiger partial charge >= 0.3 is 6.09 Å². The van der Waals surface area contributed by atoms with Crippen LogP contribution in [0.3, 0.4) is 0 Å². The highest BCUT2D eigenvalue weighted by Crippen LogP contribution is 2.29. The van der Waals surface area contributed by atoms with E-state index in [2.05, 4.69) is 4.98 Å². The molecule has 1 aromatic heterocycles. The van der Waals surface area contributed by atoms with Crippen molar-refractivity contribution in [2.75, 3.05) is 31.1 Å². The predicted molar refractivity (Wildman–Crippen MR) is 79.3 cm³/mol. The fourth-order valence-electron chi connectivity index (χ4n) is 2.29. The minimum absolute atomic E-state index is 0.287. The quantitative estimate of drug-likeness (QED) is 0.927. The maximum absolute atomic E-state index is 13.7. The Hall–Kier alpha value is -2.15. The number of amides is 1. The molecule has 3 rings (SSSR count). The first kappa shape index (κ1) is 13.8. The number of benzene rings is 1. The summed E-state index contributed by atoms with van der Waals surface area (Å²) in [5.41, 5.74) is 1.11. The molecule has 2 aromatic rings. The van der Waals surface area contributed by atoms with E-state index < -0.39 is 6.09 Å². The van der Waals surface area contributed by atoms with Gasteiger partial charge in [0.25, 0.3) is 0 Å². The molecule has 1 aliphatic rings. The van der Waals surface area contributed by atoms with E-state index >= 15 is 0 Å². The summed E-state index contributed by atoms with van der Waals surface area (Å²) in [5.74, 6) is -0.287. The van der Waals surface area contributed by atoms with Crippen molar-refractivity contribution in [1.29, 1.82) is 0 Å². The van der Waals surface area contributed by atoms with E-state index in [1.807, 2.05) is 10.3 Å². The molecule has 0 aliphatic carbocycles. The molecule has 1 amide bonds. The van der Waals surface area contributed by atoms with E-state index in [1.54, 1.807) is 18.2 Å². The van der Waals surface area contributed by atoms with Crippen molar-refractivity contribution < 1.29 is 14.3 Å². The highest BCUT2D eigenvalue weighted by molar-refractivity contribution is 7.14. The molecule has 7 heteroatoms. The smallest absolute Gasteiger partial charge is 0.407 e. The lowest BCUT2D eigenvalue weighted by atomic mass is 10.2. The van der Waals surface area contributed by atoms with E-state index in [9.17, 15) is 9.18 Å². The first-order chi connectivity index (χ1) is 10.1. The van der Waals surface area contributed by atoms with Gasteiger partial charge in [-0.05, 0) is 12.1 Å². The second-order valence-corrected chi connectivity index (χ2v) is 5.59. The van der Waals surface area contributed by atoms with Gasteiger partial charge in [0.1, 0.15) is 5.82 Å². The molecule has 5 nitrogen and oxygen atoms in total. The number of aromatic nitrogens is 1. The van der Waals surface area contributed by atoms with E-state index in [-0.39, 0.29) is 5.82 Å². The van der Waals surface area contributed by atoms with E-state index in [4.69, 9.17) is 5.11 Å². The fraction of sp³-hybridized carbons (Fsp3) is 0.286. The number of anilines is 1. The molecule has 1 N–H and O–H groups in total. The van der Waals surface area contributed by atoms with Gasteiger partial charge in [-0.2, -0.15) is 0 Å². The minimum Gasteiger partial charge on any atom is -0.465 e. The standard InChI is InChI=1S/C14H14FN3O2S/c15-11-4-2-1-3-10(11)12-9-21-13(16-12)17-5-7-18(8-6-17)14(19)20/h1-4,9H,5-8H2,(H,19,20). The molecule has 0 unspecified atom stereocenters. The zero-order valence-corrected chi connectivity index (χ0v) is 12.0. The molecule has 0 spiro atoms. The largest absolute Gasteiger partial charge is 0.465 e. The van der Waals surface area contributed by atoms with Gasteiger partial charge in [0.05, 0.1) is 5.69 Å². The summed E-state index contributed by atoms with van der Waals surface area (Å²) in [5, 5.41) is 11.6. The van der Waals surface area contributed by atoms with Crippen molar-refractivity contribution in [1.82, 2.24) is 9.88 Å². The van der Waals surface area contributed by atoms with Crippen LogP contribution in [-0.2, 0) is 0 Å². The first-order valence-electron chi connectivity index (χ1n) is 6.58. The SMILES string of the molecule is O=C(O)N1CCN(c2nc(-c3ccccc3F)cs2)CC1. The van der Waals surface area contributed by atoms with Crippen LogP contribution in [0, 0.1) is 5.82 Å². The zero-order chi connectivity index (χ0) is 14.8. The van der Waals surface area contributed by atoms with Crippen LogP contribution < -0.4 is 4.90 Å². The van der Waals surface area contributed by atoms with Crippen LogP contribution in [-0.4, -0.2) is 47.3 Å². The number of rotatable bonds is 2. The third-order valence-electron chi connectivity index (χ3n) is 3.46. The Morgan fingerprint density at radius 2 is 1.95 bits per heavy atom. The van der Waals surface area contributed by atoms with Crippen molar-refractivity contribution >= 4 is 22.6 Å². The lowest BCUT2D eigenvalue weighted by Gasteiger charge is -2.32. The zero-order valence-electron chi connectivity index (χ0n) is 11.2. The van der Waals surface area contributed by atoms with Crippen LogP contribution in [0.5, 0.6) is 0 Å². The highest BCUT2D eigenvalue weighted by atomic mass is 32.1. The number of hydrogen-bond donors (Lipinski definition) is 1. The molecule has 0 radical (unpaired) electrons. The van der Waals surface area contributed by atoms with Gasteiger partial charge in [0.15, 0.2) is 5.13 Å². The number of hydrogen-bond acceptors (Lipinski definition) is 4. The Morgan fingerprint density at radius 1 is 1.24 bits per heavy atom. The number of carboxylic acid groups (broad SMARTS) is 1. The second-order valence-electron chi connectivity index (χ2n) is 4.75. The molecular formula is C14H14FN3O2S. The molecule has 1 aromatic carbocycles. The van der Waals surface area contributed by atoms with Crippen LogP contribution in [0.4, 0.5) is 14.3 Å². The van der Waals surface area contributed by atoms with Gasteiger partial charge in [-0.15, -0.1) is 11.3 Å². The highest BCUT2D eigenvalue weighted by Gasteiger charge is 2.22. The van der Waals surface area contributed by atoms with Crippen LogP contribution in [0.2, 0.25) is 0 Å². The number of thiazole rings is 1. The molecular weight excluding hydrogens is 293 g/mol. The normalized spacial score (nSPS) is 15.3. The van der Waals surface area contributed by atoms with E-state index in [0.29, 0.717) is 37.4 Å².